The Kier molecular flexibility index (Phi) is 4.32. The molecule has 5 nitrogen and oxygen atoms in total. The summed E-state index contributed by atoms with van der Waals surface area (Å²) in [6.07, 6.45) is 1.72. The lowest BCUT2D eigenvalue weighted by atomic mass is 9.76. The number of carbonyl (C=O) groups is 1. The molecule has 3 unspecified atom stereocenters. The van der Waals surface area contributed by atoms with Crippen LogP contribution in [0.2, 0.25) is 0 Å². The van der Waals surface area contributed by atoms with Gasteiger partial charge in [0.15, 0.2) is 0 Å². The van der Waals surface area contributed by atoms with Gasteiger partial charge >= 0.3 is 0 Å². The van der Waals surface area contributed by atoms with Gasteiger partial charge in [0.1, 0.15) is 17.6 Å². The monoisotopic (exact) mass is 371 g/mol. The summed E-state index contributed by atoms with van der Waals surface area (Å²) in [5, 5.41) is 0. The lowest BCUT2D eigenvalue weighted by Gasteiger charge is -2.41. The summed E-state index contributed by atoms with van der Waals surface area (Å²) in [7, 11) is -3.75. The number of ketones is 1. The fraction of sp³-hybridized carbons (Fsp3) is 0.350. The van der Waals surface area contributed by atoms with Crippen molar-refractivity contribution in [2.75, 3.05) is 0 Å². The molecule has 0 amide bonds. The lowest BCUT2D eigenvalue weighted by molar-refractivity contribution is -0.130. The first-order valence-corrected chi connectivity index (χ1v) is 10.3. The summed E-state index contributed by atoms with van der Waals surface area (Å²) in [4.78, 5) is 12.8. The first-order valence-electron chi connectivity index (χ1n) is 8.83. The second-order valence-electron chi connectivity index (χ2n) is 6.99. The molecule has 26 heavy (non-hydrogen) atoms. The number of carbonyl (C=O) groups excluding carboxylic acids is 1. The molecule has 136 valence electrons. The molecule has 1 heterocycles. The fourth-order valence-corrected chi connectivity index (χ4v) is 5.09. The number of nitrogens with one attached hydrogen (secondary N) is 1. The van der Waals surface area contributed by atoms with Crippen LogP contribution in [0.5, 0.6) is 5.75 Å². The summed E-state index contributed by atoms with van der Waals surface area (Å²) in [6, 6.07) is 13.4. The van der Waals surface area contributed by atoms with Gasteiger partial charge in [-0.2, -0.15) is 0 Å². The first kappa shape index (κ1) is 17.2. The highest BCUT2D eigenvalue weighted by Gasteiger charge is 2.45. The van der Waals surface area contributed by atoms with Crippen molar-refractivity contribution in [2.24, 2.45) is 5.92 Å². The molecule has 6 heteroatoms. The number of benzene rings is 2. The fourth-order valence-electron chi connectivity index (χ4n) is 3.85. The van der Waals surface area contributed by atoms with E-state index >= 15 is 0 Å². The molecule has 1 aliphatic heterocycles. The van der Waals surface area contributed by atoms with E-state index in [2.05, 4.69) is 4.72 Å². The molecule has 1 fully saturated rings. The van der Waals surface area contributed by atoms with Crippen LogP contribution in [-0.2, 0) is 14.8 Å². The SMILES string of the molecule is Cc1ccc(S(=O)(=O)NC2c3ccccc3OC3CCCC(=O)C32)cc1. The molecule has 4 rings (SSSR count). The third-order valence-corrected chi connectivity index (χ3v) is 6.65. The van der Waals surface area contributed by atoms with Crippen LogP contribution in [0, 0.1) is 12.8 Å². The predicted molar refractivity (Wildman–Crippen MR) is 97.4 cm³/mol. The number of ether oxygens (including phenoxy) is 1. The summed E-state index contributed by atoms with van der Waals surface area (Å²) >= 11 is 0. The highest BCUT2D eigenvalue weighted by atomic mass is 32.2. The number of aryl methyl sites for hydroxylation is 1. The number of Topliss-reactive ketones (excluding diaryl/α,β-unsaturated/α-hetero) is 1. The van der Waals surface area contributed by atoms with Crippen molar-refractivity contribution in [3.63, 3.8) is 0 Å². The van der Waals surface area contributed by atoms with Crippen LogP contribution in [-0.4, -0.2) is 20.3 Å². The Morgan fingerprint density at radius 3 is 2.58 bits per heavy atom. The van der Waals surface area contributed by atoms with Crippen LogP contribution >= 0.6 is 0 Å². The van der Waals surface area contributed by atoms with Gasteiger partial charge in [0.25, 0.3) is 0 Å². The van der Waals surface area contributed by atoms with Crippen molar-refractivity contribution in [3.8, 4) is 5.75 Å². The normalized spacial score (nSPS) is 25.1. The van der Waals surface area contributed by atoms with E-state index in [1.54, 1.807) is 24.3 Å². The molecular weight excluding hydrogens is 350 g/mol. The Balaban J connectivity index is 1.74. The van der Waals surface area contributed by atoms with E-state index in [0.717, 1.165) is 24.0 Å². The molecule has 0 bridgehead atoms. The van der Waals surface area contributed by atoms with Crippen LogP contribution in [0.1, 0.15) is 36.4 Å². The minimum Gasteiger partial charge on any atom is -0.489 e. The molecule has 1 N–H and O–H groups in total. The second-order valence-corrected chi connectivity index (χ2v) is 8.70. The van der Waals surface area contributed by atoms with Gasteiger partial charge in [0.2, 0.25) is 10.0 Å². The molecule has 3 atom stereocenters. The van der Waals surface area contributed by atoms with Gasteiger partial charge < -0.3 is 4.74 Å². The van der Waals surface area contributed by atoms with E-state index in [9.17, 15) is 13.2 Å². The maximum absolute atomic E-state index is 12.9. The van der Waals surface area contributed by atoms with Gasteiger partial charge in [0, 0.05) is 12.0 Å². The average molecular weight is 371 g/mol. The molecule has 2 aromatic carbocycles. The Morgan fingerprint density at radius 2 is 1.81 bits per heavy atom. The zero-order valence-electron chi connectivity index (χ0n) is 14.5. The zero-order valence-corrected chi connectivity index (χ0v) is 15.3. The molecule has 0 saturated heterocycles. The van der Waals surface area contributed by atoms with Crippen molar-refractivity contribution in [3.05, 3.63) is 59.7 Å². The Morgan fingerprint density at radius 1 is 1.08 bits per heavy atom. The average Bonchev–Trinajstić information content (AvgIpc) is 2.62. The third kappa shape index (κ3) is 3.04. The number of sulfonamides is 1. The van der Waals surface area contributed by atoms with Crippen LogP contribution in [0.3, 0.4) is 0 Å². The van der Waals surface area contributed by atoms with Crippen molar-refractivity contribution in [1.29, 1.82) is 0 Å². The Labute approximate surface area is 153 Å². The van der Waals surface area contributed by atoms with Gasteiger partial charge in [-0.1, -0.05) is 35.9 Å². The quantitative estimate of drug-likeness (QED) is 0.900. The molecule has 0 aromatic heterocycles. The summed E-state index contributed by atoms with van der Waals surface area (Å²) in [6.45, 7) is 1.91. The summed E-state index contributed by atoms with van der Waals surface area (Å²) < 4.78 is 34.7. The molecule has 1 aliphatic carbocycles. The summed E-state index contributed by atoms with van der Waals surface area (Å²) in [5.74, 6) is 0.228. The van der Waals surface area contributed by atoms with Crippen LogP contribution in [0.25, 0.3) is 0 Å². The van der Waals surface area contributed by atoms with E-state index in [1.807, 2.05) is 31.2 Å². The predicted octanol–water partition coefficient (Wildman–Crippen LogP) is 3.14. The van der Waals surface area contributed by atoms with Crippen LogP contribution < -0.4 is 9.46 Å². The Bertz CT molecular complexity index is 937. The van der Waals surface area contributed by atoms with E-state index in [1.165, 1.54) is 0 Å². The van der Waals surface area contributed by atoms with E-state index in [4.69, 9.17) is 4.74 Å². The maximum Gasteiger partial charge on any atom is 0.241 e. The van der Waals surface area contributed by atoms with Gasteiger partial charge in [-0.05, 0) is 38.0 Å². The van der Waals surface area contributed by atoms with Crippen molar-refractivity contribution in [2.45, 2.75) is 43.2 Å². The number of para-hydroxylation sites is 1. The minimum atomic E-state index is -3.75. The van der Waals surface area contributed by atoms with E-state index in [-0.39, 0.29) is 16.8 Å². The molecule has 0 spiro atoms. The number of hydrogen-bond acceptors (Lipinski definition) is 4. The van der Waals surface area contributed by atoms with Gasteiger partial charge in [-0.3, -0.25) is 4.79 Å². The molecule has 2 aliphatic rings. The number of hydrogen-bond donors (Lipinski definition) is 1. The minimum absolute atomic E-state index is 0.0624. The largest absolute Gasteiger partial charge is 0.489 e. The molecule has 2 aromatic rings. The van der Waals surface area contributed by atoms with Gasteiger partial charge in [-0.15, -0.1) is 0 Å². The highest BCUT2D eigenvalue weighted by molar-refractivity contribution is 7.89. The van der Waals surface area contributed by atoms with E-state index in [0.29, 0.717) is 12.2 Å². The topological polar surface area (TPSA) is 72.5 Å². The smallest absolute Gasteiger partial charge is 0.241 e. The second kappa shape index (κ2) is 6.52. The number of fused-ring (bicyclic) bond motifs is 2. The van der Waals surface area contributed by atoms with E-state index < -0.39 is 22.0 Å². The van der Waals surface area contributed by atoms with Crippen LogP contribution in [0.15, 0.2) is 53.4 Å². The maximum atomic E-state index is 12.9. The Hall–Kier alpha value is -2.18. The third-order valence-electron chi connectivity index (χ3n) is 5.19. The highest BCUT2D eigenvalue weighted by Crippen LogP contribution is 2.43. The first-order chi connectivity index (χ1) is 12.5. The van der Waals surface area contributed by atoms with Crippen molar-refractivity contribution in [1.82, 2.24) is 4.72 Å². The zero-order chi connectivity index (χ0) is 18.3. The molecule has 0 radical (unpaired) electrons. The van der Waals surface area contributed by atoms with Gasteiger partial charge in [-0.25, -0.2) is 13.1 Å². The standard InChI is InChI=1S/C20H21NO4S/c1-13-9-11-14(12-10-13)26(23,24)21-20-15-5-2-3-7-17(15)25-18-8-4-6-16(22)19(18)20/h2-3,5,7,9-12,18-21H,4,6,8H2,1H3. The van der Waals surface area contributed by atoms with Gasteiger partial charge in [0.05, 0.1) is 16.9 Å². The summed E-state index contributed by atoms with van der Waals surface area (Å²) in [5.41, 5.74) is 1.71. The number of rotatable bonds is 3. The molecule has 1 saturated carbocycles. The van der Waals surface area contributed by atoms with Crippen LogP contribution in [0.4, 0.5) is 0 Å². The molecular formula is C20H21NO4S. The van der Waals surface area contributed by atoms with Crippen molar-refractivity contribution < 1.29 is 17.9 Å². The lowest BCUT2D eigenvalue weighted by Crippen LogP contribution is -2.49. The van der Waals surface area contributed by atoms with Crippen molar-refractivity contribution >= 4 is 15.8 Å².